The summed E-state index contributed by atoms with van der Waals surface area (Å²) in [4.78, 5) is 0. The highest BCUT2D eigenvalue weighted by molar-refractivity contribution is 9.10. The molecule has 0 spiro atoms. The molecule has 0 heterocycles. The maximum Gasteiger partial charge on any atom is 0.0323 e. The molecule has 0 saturated heterocycles. The third-order valence-electron chi connectivity index (χ3n) is 3.96. The number of halogens is 1. The summed E-state index contributed by atoms with van der Waals surface area (Å²) in [5, 5.41) is 3.71. The van der Waals surface area contributed by atoms with Gasteiger partial charge in [-0.3, -0.25) is 0 Å². The molecular weight excluding hydrogens is 298 g/mol. The Morgan fingerprint density at radius 2 is 1.84 bits per heavy atom. The number of hydrogen-bond acceptors (Lipinski definition) is 1. The molecule has 19 heavy (non-hydrogen) atoms. The van der Waals surface area contributed by atoms with E-state index in [0.29, 0.717) is 6.04 Å². The molecule has 0 fully saturated rings. The lowest BCUT2D eigenvalue weighted by Crippen LogP contribution is -2.24. The lowest BCUT2D eigenvalue weighted by molar-refractivity contribution is 0.371. The van der Waals surface area contributed by atoms with Gasteiger partial charge in [0.1, 0.15) is 0 Å². The predicted octanol–water partition coefficient (Wildman–Crippen LogP) is 5.62. The summed E-state index contributed by atoms with van der Waals surface area (Å²) in [5.74, 6) is 0.814. The zero-order valence-electron chi connectivity index (χ0n) is 12.8. The van der Waals surface area contributed by atoms with E-state index in [9.17, 15) is 0 Å². The predicted molar refractivity (Wildman–Crippen MR) is 88.6 cm³/mol. The number of benzene rings is 1. The number of rotatable bonds is 8. The number of hydrogen-bond donors (Lipinski definition) is 1. The second-order valence-electron chi connectivity index (χ2n) is 5.43. The van der Waals surface area contributed by atoms with Gasteiger partial charge < -0.3 is 5.32 Å². The molecule has 0 amide bonds. The van der Waals surface area contributed by atoms with Gasteiger partial charge in [0, 0.05) is 10.5 Å². The Bertz CT molecular complexity index is 372. The Balaban J connectivity index is 2.85. The Morgan fingerprint density at radius 1 is 1.16 bits per heavy atom. The average molecular weight is 326 g/mol. The van der Waals surface area contributed by atoms with E-state index in [4.69, 9.17) is 0 Å². The minimum absolute atomic E-state index is 0.488. The first-order chi connectivity index (χ1) is 9.12. The van der Waals surface area contributed by atoms with Crippen LogP contribution in [-0.4, -0.2) is 6.54 Å². The van der Waals surface area contributed by atoms with Crippen LogP contribution in [0.3, 0.4) is 0 Å². The molecule has 1 N–H and O–H groups in total. The molecule has 0 bridgehead atoms. The van der Waals surface area contributed by atoms with Crippen LogP contribution in [0.4, 0.5) is 0 Å². The van der Waals surface area contributed by atoms with Crippen molar-refractivity contribution >= 4 is 15.9 Å². The standard InChI is InChI=1S/C17H28BrN/c1-5-10-19-17(11-14(6-2)7-3)15-9-8-13(4)16(18)12-15/h8-9,12,14,17,19H,5-7,10-11H2,1-4H3. The topological polar surface area (TPSA) is 12.0 Å². The first kappa shape index (κ1) is 16.7. The minimum Gasteiger partial charge on any atom is -0.310 e. The summed E-state index contributed by atoms with van der Waals surface area (Å²) in [6.45, 7) is 10.1. The van der Waals surface area contributed by atoms with E-state index in [1.807, 2.05) is 0 Å². The van der Waals surface area contributed by atoms with Crippen molar-refractivity contribution in [2.45, 2.75) is 59.4 Å². The summed E-state index contributed by atoms with van der Waals surface area (Å²) < 4.78 is 1.22. The van der Waals surface area contributed by atoms with Gasteiger partial charge in [-0.1, -0.05) is 61.7 Å². The molecule has 1 atom stereocenters. The van der Waals surface area contributed by atoms with Crippen LogP contribution < -0.4 is 5.32 Å². The van der Waals surface area contributed by atoms with Crippen molar-refractivity contribution in [1.29, 1.82) is 0 Å². The average Bonchev–Trinajstić information content (AvgIpc) is 2.42. The Labute approximate surface area is 127 Å². The van der Waals surface area contributed by atoms with Crippen LogP contribution in [0.1, 0.15) is 63.6 Å². The van der Waals surface area contributed by atoms with Gasteiger partial charge in [-0.2, -0.15) is 0 Å². The maximum absolute atomic E-state index is 3.71. The van der Waals surface area contributed by atoms with Crippen LogP contribution in [0.2, 0.25) is 0 Å². The van der Waals surface area contributed by atoms with Crippen molar-refractivity contribution < 1.29 is 0 Å². The summed E-state index contributed by atoms with van der Waals surface area (Å²) in [6.07, 6.45) is 4.97. The van der Waals surface area contributed by atoms with E-state index >= 15 is 0 Å². The van der Waals surface area contributed by atoms with Crippen LogP contribution in [-0.2, 0) is 0 Å². The summed E-state index contributed by atoms with van der Waals surface area (Å²) >= 11 is 3.66. The molecule has 1 aromatic carbocycles. The second kappa shape index (κ2) is 8.76. The van der Waals surface area contributed by atoms with Crippen molar-refractivity contribution in [2.24, 2.45) is 5.92 Å². The molecule has 0 saturated carbocycles. The fourth-order valence-electron chi connectivity index (χ4n) is 2.44. The molecule has 1 unspecified atom stereocenters. The van der Waals surface area contributed by atoms with Crippen LogP contribution in [0, 0.1) is 12.8 Å². The van der Waals surface area contributed by atoms with Crippen molar-refractivity contribution in [2.75, 3.05) is 6.54 Å². The molecule has 0 aromatic heterocycles. The molecule has 1 nitrogen and oxygen atoms in total. The fourth-order valence-corrected chi connectivity index (χ4v) is 2.83. The van der Waals surface area contributed by atoms with E-state index in [0.717, 1.165) is 12.5 Å². The summed E-state index contributed by atoms with van der Waals surface area (Å²) in [7, 11) is 0. The second-order valence-corrected chi connectivity index (χ2v) is 6.29. The van der Waals surface area contributed by atoms with E-state index in [1.54, 1.807) is 0 Å². The normalized spacial score (nSPS) is 12.9. The van der Waals surface area contributed by atoms with Crippen molar-refractivity contribution in [3.63, 3.8) is 0 Å². The molecule has 1 aromatic rings. The molecule has 0 radical (unpaired) electrons. The summed E-state index contributed by atoms with van der Waals surface area (Å²) in [5.41, 5.74) is 2.72. The molecular formula is C17H28BrN. The zero-order chi connectivity index (χ0) is 14.3. The molecule has 0 aliphatic carbocycles. The quantitative estimate of drug-likeness (QED) is 0.653. The molecule has 0 aliphatic rings. The van der Waals surface area contributed by atoms with Gasteiger partial charge in [-0.05, 0) is 49.4 Å². The van der Waals surface area contributed by atoms with Gasteiger partial charge in [-0.15, -0.1) is 0 Å². The van der Waals surface area contributed by atoms with Crippen molar-refractivity contribution in [3.8, 4) is 0 Å². The van der Waals surface area contributed by atoms with Crippen molar-refractivity contribution in [3.05, 3.63) is 33.8 Å². The third-order valence-corrected chi connectivity index (χ3v) is 4.82. The Morgan fingerprint density at radius 3 is 2.37 bits per heavy atom. The monoisotopic (exact) mass is 325 g/mol. The van der Waals surface area contributed by atoms with E-state index in [-0.39, 0.29) is 0 Å². The van der Waals surface area contributed by atoms with Gasteiger partial charge >= 0.3 is 0 Å². The Hall–Kier alpha value is -0.340. The van der Waals surface area contributed by atoms with Crippen LogP contribution >= 0.6 is 15.9 Å². The van der Waals surface area contributed by atoms with Crippen molar-refractivity contribution in [1.82, 2.24) is 5.32 Å². The summed E-state index contributed by atoms with van der Waals surface area (Å²) in [6, 6.07) is 7.26. The van der Waals surface area contributed by atoms with Crippen LogP contribution in [0.15, 0.2) is 22.7 Å². The molecule has 2 heteroatoms. The Kier molecular flexibility index (Phi) is 7.70. The minimum atomic E-state index is 0.488. The third kappa shape index (κ3) is 5.27. The van der Waals surface area contributed by atoms with E-state index < -0.39 is 0 Å². The van der Waals surface area contributed by atoms with Gasteiger partial charge in [-0.25, -0.2) is 0 Å². The highest BCUT2D eigenvalue weighted by Crippen LogP contribution is 2.28. The molecule has 1 rings (SSSR count). The van der Waals surface area contributed by atoms with Gasteiger partial charge in [0.2, 0.25) is 0 Å². The lowest BCUT2D eigenvalue weighted by atomic mass is 9.90. The van der Waals surface area contributed by atoms with E-state index in [1.165, 1.54) is 41.3 Å². The SMILES string of the molecule is CCCNC(CC(CC)CC)c1ccc(C)c(Br)c1. The first-order valence-electron chi connectivity index (χ1n) is 7.61. The molecule has 108 valence electrons. The zero-order valence-corrected chi connectivity index (χ0v) is 14.4. The fraction of sp³-hybridized carbons (Fsp3) is 0.647. The lowest BCUT2D eigenvalue weighted by Gasteiger charge is -2.24. The van der Waals surface area contributed by atoms with E-state index in [2.05, 4.69) is 67.1 Å². The highest BCUT2D eigenvalue weighted by Gasteiger charge is 2.16. The highest BCUT2D eigenvalue weighted by atomic mass is 79.9. The molecule has 0 aliphatic heterocycles. The van der Waals surface area contributed by atoms with Crippen LogP contribution in [0.25, 0.3) is 0 Å². The largest absolute Gasteiger partial charge is 0.310 e. The smallest absolute Gasteiger partial charge is 0.0323 e. The first-order valence-corrected chi connectivity index (χ1v) is 8.41. The van der Waals surface area contributed by atoms with Crippen LogP contribution in [0.5, 0.6) is 0 Å². The van der Waals surface area contributed by atoms with Gasteiger partial charge in [0.25, 0.3) is 0 Å². The number of aryl methyl sites for hydroxylation is 1. The number of nitrogens with one attached hydrogen (secondary N) is 1. The maximum atomic E-state index is 3.71. The van der Waals surface area contributed by atoms with Gasteiger partial charge in [0.05, 0.1) is 0 Å². The van der Waals surface area contributed by atoms with Gasteiger partial charge in [0.15, 0.2) is 0 Å².